The number of amides is 2. The van der Waals surface area contributed by atoms with E-state index in [0.29, 0.717) is 19.7 Å². The Kier molecular flexibility index (Phi) is 3.87. The molecular formula is C12H21N3O3. The standard InChI is InChI=1S/C12H21N3O3/c1-12(3-2-4-14-8-12)11(17)15-5-6-18-7-9(15)10(13)16/h9,14H,2-8H2,1H3,(H2,13,16). The number of piperidine rings is 1. The van der Waals surface area contributed by atoms with E-state index < -0.39 is 17.4 Å². The summed E-state index contributed by atoms with van der Waals surface area (Å²) >= 11 is 0. The van der Waals surface area contributed by atoms with Gasteiger partial charge >= 0.3 is 0 Å². The summed E-state index contributed by atoms with van der Waals surface area (Å²) in [6.45, 7) is 4.69. The van der Waals surface area contributed by atoms with Gasteiger partial charge in [-0.25, -0.2) is 0 Å². The SMILES string of the molecule is CC1(C(=O)N2CCOCC2C(N)=O)CCCNC1. The quantitative estimate of drug-likeness (QED) is 0.669. The number of nitrogens with zero attached hydrogens (tertiary/aromatic N) is 1. The van der Waals surface area contributed by atoms with Gasteiger partial charge in [0.2, 0.25) is 11.8 Å². The van der Waals surface area contributed by atoms with E-state index >= 15 is 0 Å². The zero-order chi connectivity index (χ0) is 13.2. The van der Waals surface area contributed by atoms with E-state index in [1.54, 1.807) is 4.90 Å². The second-order valence-electron chi connectivity index (χ2n) is 5.33. The number of primary amides is 1. The smallest absolute Gasteiger partial charge is 0.242 e. The maximum atomic E-state index is 12.6. The van der Waals surface area contributed by atoms with Crippen LogP contribution in [0.1, 0.15) is 19.8 Å². The van der Waals surface area contributed by atoms with Gasteiger partial charge in [0, 0.05) is 13.1 Å². The molecule has 0 aliphatic carbocycles. The summed E-state index contributed by atoms with van der Waals surface area (Å²) in [5.74, 6) is -0.475. The van der Waals surface area contributed by atoms with Crippen molar-refractivity contribution in [1.29, 1.82) is 0 Å². The van der Waals surface area contributed by atoms with Crippen LogP contribution < -0.4 is 11.1 Å². The van der Waals surface area contributed by atoms with Crippen molar-refractivity contribution in [2.45, 2.75) is 25.8 Å². The summed E-state index contributed by atoms with van der Waals surface area (Å²) in [5, 5.41) is 3.24. The Morgan fingerprint density at radius 3 is 2.89 bits per heavy atom. The fourth-order valence-corrected chi connectivity index (χ4v) is 2.67. The van der Waals surface area contributed by atoms with Gasteiger partial charge in [0.1, 0.15) is 6.04 Å². The Morgan fingerprint density at radius 1 is 1.50 bits per heavy atom. The summed E-state index contributed by atoms with van der Waals surface area (Å²) in [5.41, 5.74) is 4.91. The van der Waals surface area contributed by atoms with Crippen molar-refractivity contribution >= 4 is 11.8 Å². The predicted octanol–water partition coefficient (Wildman–Crippen LogP) is -0.911. The molecule has 0 spiro atoms. The number of carbonyl (C=O) groups excluding carboxylic acids is 2. The third kappa shape index (κ3) is 2.49. The molecule has 2 unspecified atom stereocenters. The number of nitrogens with two attached hydrogens (primary N) is 1. The molecule has 2 saturated heterocycles. The molecule has 2 rings (SSSR count). The van der Waals surface area contributed by atoms with E-state index in [9.17, 15) is 9.59 Å². The monoisotopic (exact) mass is 255 g/mol. The first-order valence-electron chi connectivity index (χ1n) is 6.43. The molecule has 0 aromatic carbocycles. The lowest BCUT2D eigenvalue weighted by Crippen LogP contribution is -2.60. The van der Waals surface area contributed by atoms with E-state index in [4.69, 9.17) is 10.5 Å². The molecule has 2 heterocycles. The van der Waals surface area contributed by atoms with Gasteiger partial charge in [0.15, 0.2) is 0 Å². The molecule has 2 fully saturated rings. The zero-order valence-electron chi connectivity index (χ0n) is 10.8. The molecule has 2 aliphatic rings. The number of rotatable bonds is 2. The van der Waals surface area contributed by atoms with Gasteiger partial charge < -0.3 is 20.7 Å². The van der Waals surface area contributed by atoms with Crippen LogP contribution in [0.2, 0.25) is 0 Å². The van der Waals surface area contributed by atoms with Crippen molar-refractivity contribution in [3.63, 3.8) is 0 Å². The minimum Gasteiger partial charge on any atom is -0.377 e. The molecule has 0 aromatic heterocycles. The van der Waals surface area contributed by atoms with Gasteiger partial charge in [-0.2, -0.15) is 0 Å². The number of carbonyl (C=O) groups is 2. The highest BCUT2D eigenvalue weighted by atomic mass is 16.5. The zero-order valence-corrected chi connectivity index (χ0v) is 10.8. The summed E-state index contributed by atoms with van der Waals surface area (Å²) in [6.07, 6.45) is 1.83. The van der Waals surface area contributed by atoms with Gasteiger partial charge in [0.25, 0.3) is 0 Å². The highest BCUT2D eigenvalue weighted by Gasteiger charge is 2.42. The van der Waals surface area contributed by atoms with Gasteiger partial charge in [-0.3, -0.25) is 9.59 Å². The predicted molar refractivity (Wildman–Crippen MR) is 65.7 cm³/mol. The van der Waals surface area contributed by atoms with Crippen LogP contribution in [0.25, 0.3) is 0 Å². The molecular weight excluding hydrogens is 234 g/mol. The third-order valence-electron chi connectivity index (χ3n) is 3.83. The van der Waals surface area contributed by atoms with E-state index in [1.165, 1.54) is 0 Å². The molecule has 6 heteroatoms. The van der Waals surface area contributed by atoms with Crippen LogP contribution in [0.15, 0.2) is 0 Å². The lowest BCUT2D eigenvalue weighted by molar-refractivity contribution is -0.155. The largest absolute Gasteiger partial charge is 0.377 e. The first-order valence-corrected chi connectivity index (χ1v) is 6.43. The Hall–Kier alpha value is -1.14. The number of hydrogen-bond acceptors (Lipinski definition) is 4. The number of nitrogens with one attached hydrogen (secondary N) is 1. The van der Waals surface area contributed by atoms with Crippen LogP contribution in [0.3, 0.4) is 0 Å². The van der Waals surface area contributed by atoms with Crippen molar-refractivity contribution in [2.24, 2.45) is 11.1 Å². The van der Waals surface area contributed by atoms with E-state index in [1.807, 2.05) is 6.92 Å². The topological polar surface area (TPSA) is 84.7 Å². The molecule has 0 radical (unpaired) electrons. The molecule has 102 valence electrons. The van der Waals surface area contributed by atoms with Gasteiger partial charge in [-0.15, -0.1) is 0 Å². The fraction of sp³-hybridized carbons (Fsp3) is 0.833. The minimum atomic E-state index is -0.620. The minimum absolute atomic E-state index is 0.0156. The number of morpholine rings is 1. The highest BCUT2D eigenvalue weighted by molar-refractivity contribution is 5.89. The molecule has 18 heavy (non-hydrogen) atoms. The molecule has 6 nitrogen and oxygen atoms in total. The molecule has 3 N–H and O–H groups in total. The van der Waals surface area contributed by atoms with Crippen molar-refractivity contribution in [2.75, 3.05) is 32.8 Å². The fourth-order valence-electron chi connectivity index (χ4n) is 2.67. The molecule has 2 aliphatic heterocycles. The summed E-state index contributed by atoms with van der Waals surface area (Å²) in [6, 6.07) is -0.620. The van der Waals surface area contributed by atoms with Crippen molar-refractivity contribution < 1.29 is 14.3 Å². The Bertz CT molecular complexity index is 339. The van der Waals surface area contributed by atoms with Crippen LogP contribution >= 0.6 is 0 Å². The Morgan fingerprint density at radius 2 is 2.28 bits per heavy atom. The Balaban J connectivity index is 2.12. The average Bonchev–Trinajstić information content (AvgIpc) is 2.38. The third-order valence-corrected chi connectivity index (χ3v) is 3.83. The first-order chi connectivity index (χ1) is 8.54. The number of ether oxygens (including phenoxy) is 1. The summed E-state index contributed by atoms with van der Waals surface area (Å²) in [7, 11) is 0. The Labute approximate surface area is 107 Å². The van der Waals surface area contributed by atoms with Crippen LogP contribution in [-0.2, 0) is 14.3 Å². The van der Waals surface area contributed by atoms with Crippen molar-refractivity contribution in [3.8, 4) is 0 Å². The molecule has 2 atom stereocenters. The van der Waals surface area contributed by atoms with Gasteiger partial charge in [-0.1, -0.05) is 0 Å². The summed E-state index contributed by atoms with van der Waals surface area (Å²) in [4.78, 5) is 25.6. The van der Waals surface area contributed by atoms with Crippen LogP contribution in [0.5, 0.6) is 0 Å². The molecule has 0 saturated carbocycles. The lowest BCUT2D eigenvalue weighted by atomic mass is 9.81. The highest BCUT2D eigenvalue weighted by Crippen LogP contribution is 2.29. The normalized spacial score (nSPS) is 33.2. The van der Waals surface area contributed by atoms with Crippen molar-refractivity contribution in [1.82, 2.24) is 10.2 Å². The van der Waals surface area contributed by atoms with Crippen LogP contribution in [-0.4, -0.2) is 55.6 Å². The molecule has 2 amide bonds. The second-order valence-corrected chi connectivity index (χ2v) is 5.33. The van der Waals surface area contributed by atoms with Gasteiger partial charge in [0.05, 0.1) is 18.6 Å². The summed E-state index contributed by atoms with van der Waals surface area (Å²) < 4.78 is 5.23. The average molecular weight is 255 g/mol. The molecule has 0 aromatic rings. The number of hydrogen-bond donors (Lipinski definition) is 2. The molecule has 0 bridgehead atoms. The first kappa shape index (κ1) is 13.3. The second kappa shape index (κ2) is 5.24. The van der Waals surface area contributed by atoms with E-state index in [0.717, 1.165) is 19.4 Å². The van der Waals surface area contributed by atoms with E-state index in [-0.39, 0.29) is 12.5 Å². The van der Waals surface area contributed by atoms with Crippen LogP contribution in [0, 0.1) is 5.41 Å². The van der Waals surface area contributed by atoms with E-state index in [2.05, 4.69) is 5.32 Å². The maximum absolute atomic E-state index is 12.6. The van der Waals surface area contributed by atoms with Crippen LogP contribution in [0.4, 0.5) is 0 Å². The maximum Gasteiger partial charge on any atom is 0.242 e. The lowest BCUT2D eigenvalue weighted by Gasteiger charge is -2.41. The van der Waals surface area contributed by atoms with Gasteiger partial charge in [-0.05, 0) is 26.3 Å². The van der Waals surface area contributed by atoms with Crippen molar-refractivity contribution in [3.05, 3.63) is 0 Å².